The summed E-state index contributed by atoms with van der Waals surface area (Å²) in [6.07, 6.45) is 4.35. The molecule has 0 fully saturated rings. The van der Waals surface area contributed by atoms with Crippen molar-refractivity contribution in [1.82, 2.24) is 0 Å². The standard InChI is InChI=1S/C7H14OS/c1-4-6(8)7(5-2)9-3/h5-8H,2,4H2,1,3H3/t6-,7+/m1/s1. The Labute approximate surface area is 61.2 Å². The van der Waals surface area contributed by atoms with E-state index in [0.29, 0.717) is 0 Å². The minimum Gasteiger partial charge on any atom is -0.392 e. The molecule has 0 aromatic heterocycles. The summed E-state index contributed by atoms with van der Waals surface area (Å²) in [5, 5.41) is 9.43. The van der Waals surface area contributed by atoms with Gasteiger partial charge in [0, 0.05) is 5.25 Å². The van der Waals surface area contributed by atoms with Gasteiger partial charge in [0.2, 0.25) is 0 Å². The lowest BCUT2D eigenvalue weighted by Gasteiger charge is -2.14. The Bertz CT molecular complexity index is 83.0. The summed E-state index contributed by atoms with van der Waals surface area (Å²) >= 11 is 1.63. The second kappa shape index (κ2) is 4.89. The molecular weight excluding hydrogens is 132 g/mol. The third kappa shape index (κ3) is 2.92. The monoisotopic (exact) mass is 146 g/mol. The quantitative estimate of drug-likeness (QED) is 0.609. The van der Waals surface area contributed by atoms with E-state index < -0.39 is 0 Å². The fraction of sp³-hybridized carbons (Fsp3) is 0.714. The molecule has 0 unspecified atom stereocenters. The van der Waals surface area contributed by atoms with Crippen LogP contribution in [0.5, 0.6) is 0 Å². The van der Waals surface area contributed by atoms with Crippen molar-refractivity contribution in [3.05, 3.63) is 12.7 Å². The van der Waals surface area contributed by atoms with Crippen molar-refractivity contribution < 1.29 is 5.11 Å². The van der Waals surface area contributed by atoms with Crippen LogP contribution in [0, 0.1) is 0 Å². The van der Waals surface area contributed by atoms with Gasteiger partial charge in [-0.2, -0.15) is 11.8 Å². The molecule has 54 valence electrons. The highest BCUT2D eigenvalue weighted by atomic mass is 32.2. The first-order valence-electron chi connectivity index (χ1n) is 3.09. The zero-order valence-electron chi connectivity index (χ0n) is 6.00. The predicted octanol–water partition coefficient (Wildman–Crippen LogP) is 1.67. The van der Waals surface area contributed by atoms with E-state index in [0.717, 1.165) is 6.42 Å². The van der Waals surface area contributed by atoms with Crippen molar-refractivity contribution in [3.8, 4) is 0 Å². The molecule has 0 aliphatic rings. The predicted molar refractivity (Wildman–Crippen MR) is 43.8 cm³/mol. The van der Waals surface area contributed by atoms with Crippen molar-refractivity contribution >= 4 is 11.8 Å². The molecule has 0 rings (SSSR count). The largest absolute Gasteiger partial charge is 0.392 e. The first-order chi connectivity index (χ1) is 4.26. The van der Waals surface area contributed by atoms with Gasteiger partial charge in [0.05, 0.1) is 6.10 Å². The second-order valence-corrected chi connectivity index (χ2v) is 2.93. The zero-order valence-corrected chi connectivity index (χ0v) is 6.82. The number of hydrogen-bond donors (Lipinski definition) is 1. The second-order valence-electron chi connectivity index (χ2n) is 1.91. The Hall–Kier alpha value is 0.0500. The van der Waals surface area contributed by atoms with Crippen LogP contribution < -0.4 is 0 Å². The molecular formula is C7H14OS. The molecule has 0 aromatic carbocycles. The molecule has 0 amide bonds. The highest BCUT2D eigenvalue weighted by molar-refractivity contribution is 7.99. The average Bonchev–Trinajstić information content (AvgIpc) is 1.90. The van der Waals surface area contributed by atoms with Crippen LogP contribution in [0.1, 0.15) is 13.3 Å². The number of rotatable bonds is 4. The van der Waals surface area contributed by atoms with Gasteiger partial charge in [0.15, 0.2) is 0 Å². The molecule has 2 heteroatoms. The zero-order chi connectivity index (χ0) is 7.28. The fourth-order valence-corrected chi connectivity index (χ4v) is 1.34. The maximum atomic E-state index is 9.23. The molecule has 0 bridgehead atoms. The van der Waals surface area contributed by atoms with Crippen molar-refractivity contribution in [1.29, 1.82) is 0 Å². The van der Waals surface area contributed by atoms with Gasteiger partial charge in [0.1, 0.15) is 0 Å². The molecule has 0 saturated heterocycles. The number of aliphatic hydroxyl groups is 1. The molecule has 1 nitrogen and oxygen atoms in total. The van der Waals surface area contributed by atoms with E-state index in [1.807, 2.05) is 13.2 Å². The number of hydrogen-bond acceptors (Lipinski definition) is 2. The van der Waals surface area contributed by atoms with Crippen molar-refractivity contribution in [2.24, 2.45) is 0 Å². The van der Waals surface area contributed by atoms with Crippen LogP contribution in [0.15, 0.2) is 12.7 Å². The number of thioether (sulfide) groups is 1. The average molecular weight is 146 g/mol. The smallest absolute Gasteiger partial charge is 0.0690 e. The summed E-state index contributed by atoms with van der Waals surface area (Å²) in [6.45, 7) is 5.59. The normalized spacial score (nSPS) is 16.8. The molecule has 0 heterocycles. The molecule has 0 radical (unpaired) electrons. The van der Waals surface area contributed by atoms with Crippen LogP contribution >= 0.6 is 11.8 Å². The lowest BCUT2D eigenvalue weighted by molar-refractivity contribution is 0.179. The fourth-order valence-electron chi connectivity index (χ4n) is 0.643. The molecule has 0 aliphatic heterocycles. The van der Waals surface area contributed by atoms with E-state index in [2.05, 4.69) is 6.58 Å². The first kappa shape index (κ1) is 9.05. The number of aliphatic hydroxyl groups excluding tert-OH is 1. The van der Waals surface area contributed by atoms with E-state index in [-0.39, 0.29) is 11.4 Å². The van der Waals surface area contributed by atoms with E-state index in [1.54, 1.807) is 17.8 Å². The molecule has 0 spiro atoms. The Morgan fingerprint density at radius 3 is 2.44 bits per heavy atom. The van der Waals surface area contributed by atoms with Gasteiger partial charge in [-0.15, -0.1) is 6.58 Å². The molecule has 2 atom stereocenters. The Morgan fingerprint density at radius 1 is 1.78 bits per heavy atom. The van der Waals surface area contributed by atoms with Gasteiger partial charge in [-0.05, 0) is 12.7 Å². The minimum absolute atomic E-state index is 0.204. The molecule has 1 N–H and O–H groups in total. The summed E-state index contributed by atoms with van der Waals surface area (Å²) in [5.74, 6) is 0. The van der Waals surface area contributed by atoms with E-state index in [9.17, 15) is 5.11 Å². The van der Waals surface area contributed by atoms with Gasteiger partial charge < -0.3 is 5.11 Å². The van der Waals surface area contributed by atoms with Crippen molar-refractivity contribution in [3.63, 3.8) is 0 Å². The maximum absolute atomic E-state index is 9.23. The van der Waals surface area contributed by atoms with Crippen molar-refractivity contribution in [2.45, 2.75) is 24.7 Å². The molecule has 0 saturated carbocycles. The third-order valence-electron chi connectivity index (χ3n) is 1.30. The van der Waals surface area contributed by atoms with Gasteiger partial charge in [-0.1, -0.05) is 13.0 Å². The van der Waals surface area contributed by atoms with Crippen molar-refractivity contribution in [2.75, 3.05) is 6.26 Å². The lowest BCUT2D eigenvalue weighted by atomic mass is 10.2. The van der Waals surface area contributed by atoms with Crippen LogP contribution in [0.2, 0.25) is 0 Å². The SMILES string of the molecule is C=C[C@H](SC)[C@H](O)CC. The van der Waals surface area contributed by atoms with E-state index in [1.165, 1.54) is 0 Å². The summed E-state index contributed by atoms with van der Waals surface area (Å²) in [6, 6.07) is 0. The van der Waals surface area contributed by atoms with Gasteiger partial charge in [0.25, 0.3) is 0 Å². The van der Waals surface area contributed by atoms with Crippen LogP contribution in [0.25, 0.3) is 0 Å². The molecule has 0 aromatic rings. The summed E-state index contributed by atoms with van der Waals surface area (Å²) in [4.78, 5) is 0. The Kier molecular flexibility index (Phi) is 4.91. The lowest BCUT2D eigenvalue weighted by Crippen LogP contribution is -2.18. The van der Waals surface area contributed by atoms with E-state index >= 15 is 0 Å². The maximum Gasteiger partial charge on any atom is 0.0690 e. The first-order valence-corrected chi connectivity index (χ1v) is 4.38. The van der Waals surface area contributed by atoms with Gasteiger partial charge in [-0.25, -0.2) is 0 Å². The highest BCUT2D eigenvalue weighted by Gasteiger charge is 2.10. The summed E-state index contributed by atoms with van der Waals surface area (Å²) in [7, 11) is 0. The minimum atomic E-state index is -0.225. The Balaban J connectivity index is 3.63. The Morgan fingerprint density at radius 2 is 2.33 bits per heavy atom. The molecule has 9 heavy (non-hydrogen) atoms. The third-order valence-corrected chi connectivity index (χ3v) is 2.35. The summed E-state index contributed by atoms with van der Waals surface area (Å²) < 4.78 is 0. The molecule has 0 aliphatic carbocycles. The summed E-state index contributed by atoms with van der Waals surface area (Å²) in [5.41, 5.74) is 0. The van der Waals surface area contributed by atoms with Crippen LogP contribution in [-0.4, -0.2) is 22.7 Å². The van der Waals surface area contributed by atoms with E-state index in [4.69, 9.17) is 0 Å². The van der Waals surface area contributed by atoms with Gasteiger partial charge >= 0.3 is 0 Å². The topological polar surface area (TPSA) is 20.2 Å². The highest BCUT2D eigenvalue weighted by Crippen LogP contribution is 2.13. The van der Waals surface area contributed by atoms with Crippen LogP contribution in [0.3, 0.4) is 0 Å². The van der Waals surface area contributed by atoms with Crippen LogP contribution in [0.4, 0.5) is 0 Å². The van der Waals surface area contributed by atoms with Crippen LogP contribution in [-0.2, 0) is 0 Å². The van der Waals surface area contributed by atoms with Gasteiger partial charge in [-0.3, -0.25) is 0 Å².